The van der Waals surface area contributed by atoms with Crippen molar-refractivity contribution in [3.63, 3.8) is 0 Å². The van der Waals surface area contributed by atoms with E-state index in [2.05, 4.69) is 16.0 Å². The molecule has 0 fully saturated rings. The molecule has 0 aromatic heterocycles. The highest BCUT2D eigenvalue weighted by Crippen LogP contribution is 2.15. The van der Waals surface area contributed by atoms with Gasteiger partial charge in [0.1, 0.15) is 6.04 Å². The normalized spacial score (nSPS) is 11.5. The van der Waals surface area contributed by atoms with Crippen molar-refractivity contribution in [2.45, 2.75) is 26.8 Å². The Bertz CT molecular complexity index is 771. The van der Waals surface area contributed by atoms with Gasteiger partial charge in [-0.3, -0.25) is 14.4 Å². The molecule has 0 radical (unpaired) electrons. The van der Waals surface area contributed by atoms with E-state index < -0.39 is 6.04 Å². The second-order valence-electron chi connectivity index (χ2n) is 6.31. The van der Waals surface area contributed by atoms with Crippen molar-refractivity contribution in [2.24, 2.45) is 5.92 Å². The SMILES string of the molecule is CC(=O)Nc1ccc(NC(=O)[C@H](NC(=O)c2ccccc2)C(C)C)cc1. The lowest BCUT2D eigenvalue weighted by molar-refractivity contribution is -0.119. The quantitative estimate of drug-likeness (QED) is 0.746. The second-order valence-corrected chi connectivity index (χ2v) is 6.31. The molecule has 0 saturated heterocycles. The summed E-state index contributed by atoms with van der Waals surface area (Å²) in [5, 5.41) is 8.24. The number of amides is 3. The summed E-state index contributed by atoms with van der Waals surface area (Å²) in [4.78, 5) is 36.0. The zero-order chi connectivity index (χ0) is 19.1. The second kappa shape index (κ2) is 8.80. The van der Waals surface area contributed by atoms with Gasteiger partial charge in [-0.25, -0.2) is 0 Å². The average molecular weight is 353 g/mol. The molecule has 0 aliphatic carbocycles. The predicted octanol–water partition coefficient (Wildman–Crippen LogP) is 3.04. The lowest BCUT2D eigenvalue weighted by Crippen LogP contribution is -2.47. The van der Waals surface area contributed by atoms with Crippen LogP contribution in [0.5, 0.6) is 0 Å². The lowest BCUT2D eigenvalue weighted by Gasteiger charge is -2.22. The van der Waals surface area contributed by atoms with Crippen LogP contribution in [-0.2, 0) is 9.59 Å². The number of carbonyl (C=O) groups excluding carboxylic acids is 3. The van der Waals surface area contributed by atoms with Crippen LogP contribution < -0.4 is 16.0 Å². The minimum atomic E-state index is -0.669. The molecule has 26 heavy (non-hydrogen) atoms. The first-order valence-corrected chi connectivity index (χ1v) is 8.41. The molecular formula is C20H23N3O3. The van der Waals surface area contributed by atoms with Crippen LogP contribution >= 0.6 is 0 Å². The molecule has 2 rings (SSSR count). The molecule has 2 aromatic rings. The van der Waals surface area contributed by atoms with Crippen LogP contribution in [0.4, 0.5) is 11.4 Å². The fourth-order valence-corrected chi connectivity index (χ4v) is 2.41. The van der Waals surface area contributed by atoms with Gasteiger partial charge < -0.3 is 16.0 Å². The topological polar surface area (TPSA) is 87.3 Å². The van der Waals surface area contributed by atoms with E-state index in [1.807, 2.05) is 19.9 Å². The predicted molar refractivity (Wildman–Crippen MR) is 102 cm³/mol. The van der Waals surface area contributed by atoms with Crippen LogP contribution in [0.1, 0.15) is 31.1 Å². The number of rotatable bonds is 6. The maximum atomic E-state index is 12.6. The van der Waals surface area contributed by atoms with Crippen LogP contribution in [0.2, 0.25) is 0 Å². The molecule has 0 bridgehead atoms. The summed E-state index contributed by atoms with van der Waals surface area (Å²) in [5.74, 6) is -0.830. The Morgan fingerprint density at radius 3 is 1.85 bits per heavy atom. The van der Waals surface area contributed by atoms with Gasteiger partial charge in [0.25, 0.3) is 5.91 Å². The highest BCUT2D eigenvalue weighted by atomic mass is 16.2. The third-order valence-electron chi connectivity index (χ3n) is 3.74. The number of hydrogen-bond acceptors (Lipinski definition) is 3. The lowest BCUT2D eigenvalue weighted by atomic mass is 10.0. The molecule has 0 saturated carbocycles. The molecule has 136 valence electrons. The molecule has 0 spiro atoms. The van der Waals surface area contributed by atoms with Crippen molar-refractivity contribution in [3.05, 3.63) is 60.2 Å². The minimum Gasteiger partial charge on any atom is -0.340 e. The smallest absolute Gasteiger partial charge is 0.251 e. The molecule has 3 N–H and O–H groups in total. The van der Waals surface area contributed by atoms with E-state index in [1.165, 1.54) is 6.92 Å². The Labute approximate surface area is 153 Å². The van der Waals surface area contributed by atoms with E-state index in [0.29, 0.717) is 16.9 Å². The summed E-state index contributed by atoms with van der Waals surface area (Å²) in [6.45, 7) is 5.17. The van der Waals surface area contributed by atoms with Crippen molar-refractivity contribution in [3.8, 4) is 0 Å². The monoisotopic (exact) mass is 353 g/mol. The van der Waals surface area contributed by atoms with E-state index in [4.69, 9.17) is 0 Å². The maximum absolute atomic E-state index is 12.6. The molecule has 0 aliphatic heterocycles. The highest BCUT2D eigenvalue weighted by Gasteiger charge is 2.24. The van der Waals surface area contributed by atoms with E-state index in [1.54, 1.807) is 48.5 Å². The molecule has 0 heterocycles. The fourth-order valence-electron chi connectivity index (χ4n) is 2.41. The number of carbonyl (C=O) groups is 3. The minimum absolute atomic E-state index is 0.0821. The summed E-state index contributed by atoms with van der Waals surface area (Å²) < 4.78 is 0. The van der Waals surface area contributed by atoms with Crippen molar-refractivity contribution >= 4 is 29.1 Å². The first kappa shape index (κ1) is 19.2. The zero-order valence-electron chi connectivity index (χ0n) is 15.1. The zero-order valence-corrected chi connectivity index (χ0v) is 15.1. The molecule has 3 amide bonds. The summed E-state index contributed by atoms with van der Waals surface area (Å²) in [6.07, 6.45) is 0. The first-order chi connectivity index (χ1) is 12.4. The third kappa shape index (κ3) is 5.44. The fraction of sp³-hybridized carbons (Fsp3) is 0.250. The van der Waals surface area contributed by atoms with Gasteiger partial charge in [-0.2, -0.15) is 0 Å². The van der Waals surface area contributed by atoms with Crippen molar-refractivity contribution in [1.29, 1.82) is 0 Å². The number of benzene rings is 2. The number of anilines is 2. The van der Waals surface area contributed by atoms with E-state index in [9.17, 15) is 14.4 Å². The van der Waals surface area contributed by atoms with E-state index in [-0.39, 0.29) is 23.6 Å². The summed E-state index contributed by atoms with van der Waals surface area (Å²) >= 11 is 0. The average Bonchev–Trinajstić information content (AvgIpc) is 2.61. The Balaban J connectivity index is 2.04. The summed E-state index contributed by atoms with van der Waals surface area (Å²) in [5.41, 5.74) is 1.74. The van der Waals surface area contributed by atoms with Gasteiger partial charge >= 0.3 is 0 Å². The largest absolute Gasteiger partial charge is 0.340 e. The van der Waals surface area contributed by atoms with Crippen molar-refractivity contribution < 1.29 is 14.4 Å². The van der Waals surface area contributed by atoms with Crippen LogP contribution in [0, 0.1) is 5.92 Å². The van der Waals surface area contributed by atoms with Crippen LogP contribution in [-0.4, -0.2) is 23.8 Å². The van der Waals surface area contributed by atoms with Gasteiger partial charge in [0.05, 0.1) is 0 Å². The first-order valence-electron chi connectivity index (χ1n) is 8.41. The Morgan fingerprint density at radius 2 is 1.35 bits per heavy atom. The van der Waals surface area contributed by atoms with Crippen LogP contribution in [0.3, 0.4) is 0 Å². The molecule has 1 atom stereocenters. The molecule has 0 aliphatic rings. The van der Waals surface area contributed by atoms with Crippen molar-refractivity contribution in [2.75, 3.05) is 10.6 Å². The molecule has 0 unspecified atom stereocenters. The van der Waals surface area contributed by atoms with Crippen LogP contribution in [0.25, 0.3) is 0 Å². The van der Waals surface area contributed by atoms with E-state index >= 15 is 0 Å². The van der Waals surface area contributed by atoms with Crippen LogP contribution in [0.15, 0.2) is 54.6 Å². The molecule has 6 heteroatoms. The maximum Gasteiger partial charge on any atom is 0.251 e. The summed E-state index contributed by atoms with van der Waals surface area (Å²) in [6, 6.07) is 14.9. The van der Waals surface area contributed by atoms with Gasteiger partial charge in [0.15, 0.2) is 0 Å². The third-order valence-corrected chi connectivity index (χ3v) is 3.74. The number of nitrogens with one attached hydrogen (secondary N) is 3. The van der Waals surface area contributed by atoms with Gasteiger partial charge in [-0.1, -0.05) is 32.0 Å². The molecule has 2 aromatic carbocycles. The van der Waals surface area contributed by atoms with Gasteiger partial charge in [0.2, 0.25) is 11.8 Å². The molecule has 6 nitrogen and oxygen atoms in total. The number of hydrogen-bond donors (Lipinski definition) is 3. The van der Waals surface area contributed by atoms with E-state index in [0.717, 1.165) is 0 Å². The Morgan fingerprint density at radius 1 is 0.808 bits per heavy atom. The van der Waals surface area contributed by atoms with Gasteiger partial charge in [-0.15, -0.1) is 0 Å². The van der Waals surface area contributed by atoms with Gasteiger partial charge in [0, 0.05) is 23.9 Å². The standard InChI is InChI=1S/C20H23N3O3/c1-13(2)18(23-19(25)15-7-5-4-6-8-15)20(26)22-17-11-9-16(10-12-17)21-14(3)24/h4-13,18H,1-3H3,(H,21,24)(H,22,26)(H,23,25)/t18-/m1/s1. The summed E-state index contributed by atoms with van der Waals surface area (Å²) in [7, 11) is 0. The highest BCUT2D eigenvalue weighted by molar-refractivity contribution is 6.01. The Hall–Kier alpha value is -3.15. The van der Waals surface area contributed by atoms with Gasteiger partial charge in [-0.05, 0) is 42.3 Å². The molecular weight excluding hydrogens is 330 g/mol. The van der Waals surface area contributed by atoms with Crippen molar-refractivity contribution in [1.82, 2.24) is 5.32 Å². The Kier molecular flexibility index (Phi) is 6.49.